The highest BCUT2D eigenvalue weighted by atomic mass is 35.5. The SMILES string of the molecule is CCOC(=O)[C@@H]1[C@H]2CN(C(=O)CCc3cc(Cl)no3)C[C@@H]2C=C[C@@H]1C. The maximum Gasteiger partial charge on any atom is 0.309 e. The average molecular weight is 367 g/mol. The van der Waals surface area contributed by atoms with Gasteiger partial charge in [0.2, 0.25) is 5.91 Å². The Bertz CT molecular complexity index is 672. The third kappa shape index (κ3) is 3.89. The number of allylic oxidation sites excluding steroid dienone is 1. The van der Waals surface area contributed by atoms with Crippen molar-refractivity contribution in [2.75, 3.05) is 19.7 Å². The fraction of sp³-hybridized carbons (Fsp3) is 0.611. The van der Waals surface area contributed by atoms with Gasteiger partial charge in [-0.25, -0.2) is 0 Å². The Hall–Kier alpha value is -1.82. The van der Waals surface area contributed by atoms with Crippen LogP contribution in [0.5, 0.6) is 0 Å². The molecule has 0 saturated carbocycles. The van der Waals surface area contributed by atoms with E-state index in [0.717, 1.165) is 0 Å². The smallest absolute Gasteiger partial charge is 0.309 e. The summed E-state index contributed by atoms with van der Waals surface area (Å²) in [6.45, 7) is 5.48. The molecule has 7 heteroatoms. The number of hydrogen-bond donors (Lipinski definition) is 0. The van der Waals surface area contributed by atoms with Crippen LogP contribution in [0.1, 0.15) is 26.0 Å². The topological polar surface area (TPSA) is 72.6 Å². The van der Waals surface area contributed by atoms with Crippen molar-refractivity contribution in [3.63, 3.8) is 0 Å². The van der Waals surface area contributed by atoms with Crippen molar-refractivity contribution in [3.8, 4) is 0 Å². The van der Waals surface area contributed by atoms with Crippen LogP contribution in [-0.4, -0.2) is 41.6 Å². The lowest BCUT2D eigenvalue weighted by Gasteiger charge is -2.31. The average Bonchev–Trinajstić information content (AvgIpc) is 3.18. The van der Waals surface area contributed by atoms with Crippen molar-refractivity contribution >= 4 is 23.5 Å². The number of carbonyl (C=O) groups is 2. The van der Waals surface area contributed by atoms with Crippen molar-refractivity contribution in [2.45, 2.75) is 26.7 Å². The molecule has 4 atom stereocenters. The first kappa shape index (κ1) is 18.0. The van der Waals surface area contributed by atoms with E-state index in [-0.39, 0.29) is 35.5 Å². The number of fused-ring (bicyclic) bond motifs is 1. The molecule has 1 saturated heterocycles. The largest absolute Gasteiger partial charge is 0.466 e. The van der Waals surface area contributed by atoms with Crippen LogP contribution in [0.3, 0.4) is 0 Å². The minimum Gasteiger partial charge on any atom is -0.466 e. The Kier molecular flexibility index (Phi) is 5.47. The number of hydrogen-bond acceptors (Lipinski definition) is 5. The highest BCUT2D eigenvalue weighted by Crippen LogP contribution is 2.40. The zero-order valence-electron chi connectivity index (χ0n) is 14.5. The lowest BCUT2D eigenvalue weighted by Crippen LogP contribution is -2.37. The van der Waals surface area contributed by atoms with Crippen LogP contribution in [0.15, 0.2) is 22.7 Å². The second kappa shape index (κ2) is 7.60. The van der Waals surface area contributed by atoms with Gasteiger partial charge in [0.1, 0.15) is 5.76 Å². The first-order valence-corrected chi connectivity index (χ1v) is 9.11. The van der Waals surface area contributed by atoms with Gasteiger partial charge in [-0.2, -0.15) is 0 Å². The van der Waals surface area contributed by atoms with Crippen LogP contribution in [0, 0.1) is 23.7 Å². The molecule has 2 heterocycles. The van der Waals surface area contributed by atoms with Gasteiger partial charge in [0.05, 0.1) is 12.5 Å². The number of ether oxygens (including phenoxy) is 1. The summed E-state index contributed by atoms with van der Waals surface area (Å²) >= 11 is 5.72. The van der Waals surface area contributed by atoms with E-state index in [9.17, 15) is 9.59 Å². The molecule has 0 bridgehead atoms. The van der Waals surface area contributed by atoms with Crippen LogP contribution >= 0.6 is 11.6 Å². The lowest BCUT2D eigenvalue weighted by molar-refractivity contribution is -0.152. The molecule has 0 N–H and O–H groups in total. The van der Waals surface area contributed by atoms with E-state index in [2.05, 4.69) is 17.3 Å². The molecule has 1 aliphatic heterocycles. The summed E-state index contributed by atoms with van der Waals surface area (Å²) in [7, 11) is 0. The second-order valence-electron chi connectivity index (χ2n) is 6.76. The van der Waals surface area contributed by atoms with Crippen LogP contribution in [0.25, 0.3) is 0 Å². The number of carbonyl (C=O) groups excluding carboxylic acids is 2. The molecule has 1 aliphatic carbocycles. The minimum absolute atomic E-state index is 0.0607. The van der Waals surface area contributed by atoms with E-state index in [1.165, 1.54) is 0 Å². The number of likely N-dealkylation sites (tertiary alicyclic amines) is 1. The van der Waals surface area contributed by atoms with Crippen molar-refractivity contribution in [2.24, 2.45) is 23.7 Å². The normalized spacial score (nSPS) is 28.0. The molecule has 0 spiro atoms. The molecule has 1 aromatic rings. The molecule has 3 rings (SSSR count). The Morgan fingerprint density at radius 1 is 1.40 bits per heavy atom. The number of amides is 1. The van der Waals surface area contributed by atoms with E-state index in [1.807, 2.05) is 18.7 Å². The third-order valence-corrected chi connectivity index (χ3v) is 5.31. The molecule has 1 aromatic heterocycles. The summed E-state index contributed by atoms with van der Waals surface area (Å²) in [5.41, 5.74) is 0. The van der Waals surface area contributed by atoms with E-state index < -0.39 is 0 Å². The van der Waals surface area contributed by atoms with Gasteiger partial charge < -0.3 is 14.2 Å². The lowest BCUT2D eigenvalue weighted by atomic mass is 9.72. The Morgan fingerprint density at radius 3 is 2.88 bits per heavy atom. The van der Waals surface area contributed by atoms with Crippen molar-refractivity contribution in [1.29, 1.82) is 0 Å². The monoisotopic (exact) mass is 366 g/mol. The number of nitrogens with zero attached hydrogens (tertiary/aromatic N) is 2. The number of rotatable bonds is 5. The molecular weight excluding hydrogens is 344 g/mol. The summed E-state index contributed by atoms with van der Waals surface area (Å²) in [6.07, 6.45) is 5.04. The van der Waals surface area contributed by atoms with Gasteiger partial charge in [0.15, 0.2) is 5.15 Å². The summed E-state index contributed by atoms with van der Waals surface area (Å²) in [5, 5.41) is 3.91. The van der Waals surface area contributed by atoms with Gasteiger partial charge in [0.25, 0.3) is 0 Å². The summed E-state index contributed by atoms with van der Waals surface area (Å²) in [5.74, 6) is 0.808. The quantitative estimate of drug-likeness (QED) is 0.591. The molecule has 6 nitrogen and oxygen atoms in total. The molecule has 1 fully saturated rings. The van der Waals surface area contributed by atoms with Gasteiger partial charge in [-0.3, -0.25) is 9.59 Å². The van der Waals surface area contributed by atoms with Crippen LogP contribution in [-0.2, 0) is 20.7 Å². The van der Waals surface area contributed by atoms with Crippen molar-refractivity contribution in [3.05, 3.63) is 29.1 Å². The van der Waals surface area contributed by atoms with Crippen molar-refractivity contribution in [1.82, 2.24) is 10.1 Å². The zero-order chi connectivity index (χ0) is 18.0. The van der Waals surface area contributed by atoms with Gasteiger partial charge in [0, 0.05) is 32.0 Å². The summed E-state index contributed by atoms with van der Waals surface area (Å²) in [6, 6.07) is 1.62. The Balaban J connectivity index is 1.62. The molecule has 25 heavy (non-hydrogen) atoms. The van der Waals surface area contributed by atoms with Gasteiger partial charge in [-0.05, 0) is 24.7 Å². The van der Waals surface area contributed by atoms with E-state index in [4.69, 9.17) is 20.9 Å². The van der Waals surface area contributed by atoms with Crippen LogP contribution in [0.4, 0.5) is 0 Å². The van der Waals surface area contributed by atoms with Crippen molar-refractivity contribution < 1.29 is 18.8 Å². The molecule has 0 aromatic carbocycles. The van der Waals surface area contributed by atoms with Gasteiger partial charge >= 0.3 is 5.97 Å². The molecule has 0 unspecified atom stereocenters. The first-order valence-electron chi connectivity index (χ1n) is 8.73. The molecule has 136 valence electrons. The van der Waals surface area contributed by atoms with E-state index >= 15 is 0 Å². The fourth-order valence-corrected chi connectivity index (χ4v) is 4.05. The number of esters is 1. The second-order valence-corrected chi connectivity index (χ2v) is 7.15. The van der Waals surface area contributed by atoms with Crippen LogP contribution in [0.2, 0.25) is 5.15 Å². The number of aromatic nitrogens is 1. The third-order valence-electron chi connectivity index (χ3n) is 5.13. The highest BCUT2D eigenvalue weighted by Gasteiger charge is 2.45. The summed E-state index contributed by atoms with van der Waals surface area (Å²) < 4.78 is 10.3. The molecular formula is C18H23ClN2O4. The van der Waals surface area contributed by atoms with E-state index in [0.29, 0.717) is 43.5 Å². The molecule has 2 aliphatic rings. The molecule has 1 amide bonds. The predicted molar refractivity (Wildman–Crippen MR) is 91.8 cm³/mol. The Labute approximate surface area is 152 Å². The highest BCUT2D eigenvalue weighted by molar-refractivity contribution is 6.29. The Morgan fingerprint density at radius 2 is 2.20 bits per heavy atom. The standard InChI is InChI=1S/C18H23ClN2O4/c1-3-24-18(23)17-11(2)4-5-12-9-21(10-14(12)17)16(22)7-6-13-8-15(19)20-25-13/h4-5,8,11-12,14,17H,3,6-7,9-10H2,1-2H3/t11-,12-,14-,17-/m0/s1. The van der Waals surface area contributed by atoms with Crippen LogP contribution < -0.4 is 0 Å². The predicted octanol–water partition coefficient (Wildman–Crippen LogP) is 2.72. The summed E-state index contributed by atoms with van der Waals surface area (Å²) in [4.78, 5) is 26.7. The number of halogens is 1. The molecule has 0 radical (unpaired) electrons. The fourth-order valence-electron chi connectivity index (χ4n) is 3.89. The number of aryl methyl sites for hydroxylation is 1. The maximum absolute atomic E-state index is 12.5. The van der Waals surface area contributed by atoms with E-state index in [1.54, 1.807) is 6.07 Å². The minimum atomic E-state index is -0.180. The van der Waals surface area contributed by atoms with Gasteiger partial charge in [-0.15, -0.1) is 0 Å². The zero-order valence-corrected chi connectivity index (χ0v) is 15.2. The van der Waals surface area contributed by atoms with Gasteiger partial charge in [-0.1, -0.05) is 35.8 Å². The first-order chi connectivity index (χ1) is 12.0. The maximum atomic E-state index is 12.5.